The van der Waals surface area contributed by atoms with Crippen LogP contribution in [-0.4, -0.2) is 60.6 Å². The molecular formula is C12H20N2O2. The quantitative estimate of drug-likeness (QED) is 0.638. The van der Waals surface area contributed by atoms with Gasteiger partial charge in [0.05, 0.1) is 7.11 Å². The first-order valence-corrected chi connectivity index (χ1v) is 6.39. The van der Waals surface area contributed by atoms with Gasteiger partial charge in [-0.2, -0.15) is 0 Å². The Hall–Kier alpha value is -0.610. The highest BCUT2D eigenvalue weighted by Crippen LogP contribution is 2.35. The van der Waals surface area contributed by atoms with E-state index in [0.29, 0.717) is 12.1 Å². The van der Waals surface area contributed by atoms with Gasteiger partial charge in [-0.15, -0.1) is 0 Å². The van der Waals surface area contributed by atoms with Crippen molar-refractivity contribution in [1.29, 1.82) is 0 Å². The van der Waals surface area contributed by atoms with Crippen molar-refractivity contribution in [3.8, 4) is 0 Å². The zero-order valence-electron chi connectivity index (χ0n) is 9.89. The highest BCUT2D eigenvalue weighted by atomic mass is 16.5. The Kier molecular flexibility index (Phi) is 2.64. The van der Waals surface area contributed by atoms with E-state index in [4.69, 9.17) is 4.74 Å². The molecule has 0 aromatic rings. The van der Waals surface area contributed by atoms with Crippen LogP contribution >= 0.6 is 0 Å². The van der Waals surface area contributed by atoms with Gasteiger partial charge in [0.25, 0.3) is 0 Å². The van der Waals surface area contributed by atoms with Crippen molar-refractivity contribution in [2.45, 2.75) is 43.8 Å². The molecule has 3 aliphatic rings. The molecule has 3 aliphatic heterocycles. The van der Waals surface area contributed by atoms with Crippen LogP contribution in [0.3, 0.4) is 0 Å². The summed E-state index contributed by atoms with van der Waals surface area (Å²) in [6.07, 6.45) is 4.86. The SMILES string of the molecule is COC(=O)C1CCN1C1CCN2CCCC12. The zero-order chi connectivity index (χ0) is 11.1. The normalized spacial score (nSPS) is 39.4. The van der Waals surface area contributed by atoms with E-state index in [1.807, 2.05) is 0 Å². The molecule has 90 valence electrons. The molecule has 0 aromatic heterocycles. The first-order chi connectivity index (χ1) is 7.81. The summed E-state index contributed by atoms with van der Waals surface area (Å²) in [5, 5.41) is 0. The Labute approximate surface area is 96.5 Å². The molecule has 0 aromatic carbocycles. The summed E-state index contributed by atoms with van der Waals surface area (Å²) in [5.74, 6) is -0.0392. The molecule has 0 amide bonds. The average Bonchev–Trinajstić information content (AvgIpc) is 2.81. The maximum absolute atomic E-state index is 11.6. The van der Waals surface area contributed by atoms with E-state index in [2.05, 4.69) is 9.80 Å². The third-order valence-corrected chi connectivity index (χ3v) is 4.53. The summed E-state index contributed by atoms with van der Waals surface area (Å²) in [4.78, 5) is 16.5. The fourth-order valence-electron chi connectivity index (χ4n) is 3.64. The van der Waals surface area contributed by atoms with Crippen LogP contribution in [0.25, 0.3) is 0 Å². The largest absolute Gasteiger partial charge is 0.468 e. The summed E-state index contributed by atoms with van der Waals surface area (Å²) in [7, 11) is 1.50. The number of nitrogens with zero attached hydrogens (tertiary/aromatic N) is 2. The summed E-state index contributed by atoms with van der Waals surface area (Å²) in [6.45, 7) is 3.56. The third kappa shape index (κ3) is 1.47. The van der Waals surface area contributed by atoms with Crippen LogP contribution in [0.4, 0.5) is 0 Å². The minimum atomic E-state index is -0.0392. The Morgan fingerprint density at radius 3 is 2.69 bits per heavy atom. The molecule has 0 aliphatic carbocycles. The lowest BCUT2D eigenvalue weighted by Crippen LogP contribution is -2.59. The number of hydrogen-bond acceptors (Lipinski definition) is 4. The first-order valence-electron chi connectivity index (χ1n) is 6.39. The molecule has 3 heterocycles. The van der Waals surface area contributed by atoms with Crippen LogP contribution in [0.5, 0.6) is 0 Å². The van der Waals surface area contributed by atoms with Gasteiger partial charge in [0.15, 0.2) is 0 Å². The van der Waals surface area contributed by atoms with E-state index in [1.165, 1.54) is 39.5 Å². The number of rotatable bonds is 2. The molecule has 0 radical (unpaired) electrons. The lowest BCUT2D eigenvalue weighted by Gasteiger charge is -2.44. The monoisotopic (exact) mass is 224 g/mol. The second-order valence-corrected chi connectivity index (χ2v) is 5.17. The van der Waals surface area contributed by atoms with Gasteiger partial charge in [0, 0.05) is 25.2 Å². The molecule has 4 heteroatoms. The molecule has 0 bridgehead atoms. The van der Waals surface area contributed by atoms with E-state index >= 15 is 0 Å². The maximum atomic E-state index is 11.6. The standard InChI is InChI=1S/C12H20N2O2/c1-16-12(15)11-5-8-14(11)10-4-7-13-6-2-3-9(10)13/h9-11H,2-8H2,1H3. The van der Waals surface area contributed by atoms with Gasteiger partial charge in [0.2, 0.25) is 0 Å². The molecule has 3 atom stereocenters. The van der Waals surface area contributed by atoms with Gasteiger partial charge in [0.1, 0.15) is 6.04 Å². The molecule has 4 nitrogen and oxygen atoms in total. The molecule has 16 heavy (non-hydrogen) atoms. The van der Waals surface area contributed by atoms with Gasteiger partial charge in [-0.3, -0.25) is 14.6 Å². The summed E-state index contributed by atoms with van der Waals surface area (Å²) in [5.41, 5.74) is 0. The Bertz CT molecular complexity index is 295. The third-order valence-electron chi connectivity index (χ3n) is 4.53. The van der Waals surface area contributed by atoms with Crippen LogP contribution in [-0.2, 0) is 9.53 Å². The predicted octanol–water partition coefficient (Wildman–Crippen LogP) is 0.470. The van der Waals surface area contributed by atoms with E-state index in [1.54, 1.807) is 0 Å². The van der Waals surface area contributed by atoms with Crippen molar-refractivity contribution >= 4 is 5.97 Å². The fraction of sp³-hybridized carbons (Fsp3) is 0.917. The molecule has 0 saturated carbocycles. The van der Waals surface area contributed by atoms with E-state index < -0.39 is 0 Å². The number of hydrogen-bond donors (Lipinski definition) is 0. The second kappa shape index (κ2) is 4.00. The Morgan fingerprint density at radius 1 is 1.12 bits per heavy atom. The molecule has 0 spiro atoms. The summed E-state index contributed by atoms with van der Waals surface area (Å²) < 4.78 is 4.86. The van der Waals surface area contributed by atoms with E-state index in [9.17, 15) is 4.79 Å². The first kappa shape index (κ1) is 10.5. The van der Waals surface area contributed by atoms with Crippen LogP contribution in [0.1, 0.15) is 25.7 Å². The number of methoxy groups -OCH3 is 1. The summed E-state index contributed by atoms with van der Waals surface area (Å²) >= 11 is 0. The number of esters is 1. The number of carbonyl (C=O) groups excluding carboxylic acids is 1. The van der Waals surface area contributed by atoms with Crippen LogP contribution in [0.2, 0.25) is 0 Å². The topological polar surface area (TPSA) is 32.8 Å². The number of ether oxygens (including phenoxy) is 1. The van der Waals surface area contributed by atoms with Gasteiger partial charge in [-0.25, -0.2) is 0 Å². The Morgan fingerprint density at radius 2 is 2.00 bits per heavy atom. The van der Waals surface area contributed by atoms with Crippen LogP contribution in [0, 0.1) is 0 Å². The fourth-order valence-corrected chi connectivity index (χ4v) is 3.64. The second-order valence-electron chi connectivity index (χ2n) is 5.17. The zero-order valence-corrected chi connectivity index (χ0v) is 9.89. The van der Waals surface area contributed by atoms with E-state index in [-0.39, 0.29) is 12.0 Å². The van der Waals surface area contributed by atoms with Gasteiger partial charge < -0.3 is 4.74 Å². The molecule has 3 rings (SSSR count). The minimum Gasteiger partial charge on any atom is -0.468 e. The highest BCUT2D eigenvalue weighted by molar-refractivity contribution is 5.76. The molecule has 0 N–H and O–H groups in total. The van der Waals surface area contributed by atoms with Crippen LogP contribution in [0.15, 0.2) is 0 Å². The summed E-state index contributed by atoms with van der Waals surface area (Å²) in [6, 6.07) is 1.38. The maximum Gasteiger partial charge on any atom is 0.323 e. The Balaban J connectivity index is 1.67. The van der Waals surface area contributed by atoms with Crippen molar-refractivity contribution in [2.24, 2.45) is 0 Å². The lowest BCUT2D eigenvalue weighted by molar-refractivity contribution is -0.154. The van der Waals surface area contributed by atoms with Gasteiger partial charge >= 0.3 is 5.97 Å². The molecule has 3 unspecified atom stereocenters. The van der Waals surface area contributed by atoms with E-state index in [0.717, 1.165) is 13.0 Å². The van der Waals surface area contributed by atoms with Crippen molar-refractivity contribution in [1.82, 2.24) is 9.80 Å². The van der Waals surface area contributed by atoms with Crippen molar-refractivity contribution in [3.63, 3.8) is 0 Å². The highest BCUT2D eigenvalue weighted by Gasteiger charge is 2.47. The van der Waals surface area contributed by atoms with Gasteiger partial charge in [-0.1, -0.05) is 0 Å². The molecular weight excluding hydrogens is 204 g/mol. The molecule has 3 saturated heterocycles. The van der Waals surface area contributed by atoms with Crippen molar-refractivity contribution in [3.05, 3.63) is 0 Å². The molecule has 3 fully saturated rings. The minimum absolute atomic E-state index is 0.0392. The van der Waals surface area contributed by atoms with Crippen molar-refractivity contribution < 1.29 is 9.53 Å². The van der Waals surface area contributed by atoms with Gasteiger partial charge in [-0.05, 0) is 32.2 Å². The smallest absolute Gasteiger partial charge is 0.323 e. The number of carbonyl (C=O) groups is 1. The van der Waals surface area contributed by atoms with Crippen LogP contribution < -0.4 is 0 Å². The predicted molar refractivity (Wildman–Crippen MR) is 60.1 cm³/mol. The lowest BCUT2D eigenvalue weighted by atomic mass is 9.95. The number of likely N-dealkylation sites (tertiary alicyclic amines) is 1. The number of fused-ring (bicyclic) bond motifs is 1. The average molecular weight is 224 g/mol. The van der Waals surface area contributed by atoms with Crippen molar-refractivity contribution in [2.75, 3.05) is 26.7 Å².